The molecular formula is C13H21FN2. The number of nitrogens with one attached hydrogen (secondary N) is 1. The Morgan fingerprint density at radius 2 is 1.81 bits per heavy atom. The largest absolute Gasteiger partial charge is 0.371 e. The Morgan fingerprint density at radius 1 is 1.12 bits per heavy atom. The van der Waals surface area contributed by atoms with E-state index in [4.69, 9.17) is 0 Å². The molecule has 0 unspecified atom stereocenters. The first kappa shape index (κ1) is 13.0. The lowest BCUT2D eigenvalue weighted by Crippen LogP contribution is -2.32. The lowest BCUT2D eigenvalue weighted by Gasteiger charge is -2.23. The van der Waals surface area contributed by atoms with E-state index in [-0.39, 0.29) is 5.82 Å². The number of rotatable bonds is 7. The highest BCUT2D eigenvalue weighted by Crippen LogP contribution is 2.13. The van der Waals surface area contributed by atoms with Gasteiger partial charge in [0.2, 0.25) is 0 Å². The first-order valence-corrected chi connectivity index (χ1v) is 5.99. The number of anilines is 1. The highest BCUT2D eigenvalue weighted by atomic mass is 19.1. The zero-order valence-electron chi connectivity index (χ0n) is 10.2. The second-order valence-electron chi connectivity index (χ2n) is 3.81. The number of likely N-dealkylation sites (N-methyl/N-ethyl adjacent to an activating group) is 1. The Bertz CT molecular complexity index is 284. The van der Waals surface area contributed by atoms with Crippen LogP contribution in [0.3, 0.4) is 0 Å². The Hall–Kier alpha value is -1.09. The molecule has 0 heterocycles. The van der Waals surface area contributed by atoms with Crippen molar-refractivity contribution in [3.05, 3.63) is 30.1 Å². The van der Waals surface area contributed by atoms with Crippen molar-refractivity contribution in [2.24, 2.45) is 0 Å². The molecular weight excluding hydrogens is 203 g/mol. The topological polar surface area (TPSA) is 15.3 Å². The van der Waals surface area contributed by atoms with Crippen LogP contribution >= 0.6 is 0 Å². The standard InChI is InChI=1S/C13H21FN2/c1-3-9-15-10-11-16(4-2)13-7-5-12(14)6-8-13/h5-8,15H,3-4,9-11H2,1-2H3. The Morgan fingerprint density at radius 3 is 2.38 bits per heavy atom. The predicted octanol–water partition coefficient (Wildman–Crippen LogP) is 2.65. The molecule has 1 aromatic carbocycles. The molecule has 0 aliphatic rings. The van der Waals surface area contributed by atoms with E-state index in [1.807, 2.05) is 12.1 Å². The monoisotopic (exact) mass is 224 g/mol. The van der Waals surface area contributed by atoms with Crippen LogP contribution in [0.4, 0.5) is 10.1 Å². The zero-order valence-corrected chi connectivity index (χ0v) is 10.2. The van der Waals surface area contributed by atoms with Gasteiger partial charge in [0.05, 0.1) is 0 Å². The highest BCUT2D eigenvalue weighted by Gasteiger charge is 2.03. The minimum absolute atomic E-state index is 0.177. The lowest BCUT2D eigenvalue weighted by atomic mass is 10.2. The summed E-state index contributed by atoms with van der Waals surface area (Å²) >= 11 is 0. The first-order valence-electron chi connectivity index (χ1n) is 5.99. The fourth-order valence-corrected chi connectivity index (χ4v) is 1.64. The van der Waals surface area contributed by atoms with E-state index in [1.165, 1.54) is 12.1 Å². The van der Waals surface area contributed by atoms with Crippen LogP contribution in [0.25, 0.3) is 0 Å². The van der Waals surface area contributed by atoms with E-state index in [9.17, 15) is 4.39 Å². The summed E-state index contributed by atoms with van der Waals surface area (Å²) in [5.41, 5.74) is 1.09. The number of hydrogen-bond donors (Lipinski definition) is 1. The molecule has 1 rings (SSSR count). The van der Waals surface area contributed by atoms with Gasteiger partial charge >= 0.3 is 0 Å². The van der Waals surface area contributed by atoms with Crippen molar-refractivity contribution in [1.82, 2.24) is 5.32 Å². The first-order chi connectivity index (χ1) is 7.77. The van der Waals surface area contributed by atoms with Crippen molar-refractivity contribution in [1.29, 1.82) is 0 Å². The van der Waals surface area contributed by atoms with Gasteiger partial charge in [0.15, 0.2) is 0 Å². The van der Waals surface area contributed by atoms with Crippen LogP contribution in [0.15, 0.2) is 24.3 Å². The third-order valence-corrected chi connectivity index (χ3v) is 2.56. The summed E-state index contributed by atoms with van der Waals surface area (Å²) < 4.78 is 12.8. The smallest absolute Gasteiger partial charge is 0.123 e. The van der Waals surface area contributed by atoms with Crippen molar-refractivity contribution in [3.63, 3.8) is 0 Å². The predicted molar refractivity (Wildman–Crippen MR) is 67.4 cm³/mol. The van der Waals surface area contributed by atoms with E-state index < -0.39 is 0 Å². The minimum atomic E-state index is -0.177. The Balaban J connectivity index is 2.44. The maximum Gasteiger partial charge on any atom is 0.123 e. The quantitative estimate of drug-likeness (QED) is 0.716. The number of nitrogens with zero attached hydrogens (tertiary/aromatic N) is 1. The van der Waals surface area contributed by atoms with Crippen LogP contribution in [0, 0.1) is 5.82 Å². The van der Waals surface area contributed by atoms with Crippen molar-refractivity contribution in [3.8, 4) is 0 Å². The molecule has 16 heavy (non-hydrogen) atoms. The lowest BCUT2D eigenvalue weighted by molar-refractivity contribution is 0.626. The van der Waals surface area contributed by atoms with E-state index in [2.05, 4.69) is 24.1 Å². The normalized spacial score (nSPS) is 10.4. The molecule has 0 saturated carbocycles. The van der Waals surface area contributed by atoms with E-state index in [1.54, 1.807) is 0 Å². The molecule has 1 aromatic rings. The fourth-order valence-electron chi connectivity index (χ4n) is 1.64. The van der Waals surface area contributed by atoms with Crippen molar-refractivity contribution in [2.45, 2.75) is 20.3 Å². The minimum Gasteiger partial charge on any atom is -0.371 e. The number of hydrogen-bond acceptors (Lipinski definition) is 2. The summed E-state index contributed by atoms with van der Waals surface area (Å²) in [5, 5.41) is 3.37. The molecule has 0 spiro atoms. The Kier molecular flexibility index (Phi) is 5.86. The average molecular weight is 224 g/mol. The number of halogens is 1. The van der Waals surface area contributed by atoms with E-state index >= 15 is 0 Å². The molecule has 0 aliphatic heterocycles. The third kappa shape index (κ3) is 4.19. The summed E-state index contributed by atoms with van der Waals surface area (Å²) in [6.07, 6.45) is 1.16. The van der Waals surface area contributed by atoms with Gasteiger partial charge in [-0.05, 0) is 44.2 Å². The zero-order chi connectivity index (χ0) is 11.8. The molecule has 90 valence electrons. The molecule has 3 heteroatoms. The molecule has 1 N–H and O–H groups in total. The van der Waals surface area contributed by atoms with Gasteiger partial charge in [-0.15, -0.1) is 0 Å². The van der Waals surface area contributed by atoms with Crippen LogP contribution in [-0.4, -0.2) is 26.2 Å². The van der Waals surface area contributed by atoms with Crippen molar-refractivity contribution < 1.29 is 4.39 Å². The third-order valence-electron chi connectivity index (χ3n) is 2.56. The number of benzene rings is 1. The maximum atomic E-state index is 12.8. The van der Waals surface area contributed by atoms with Crippen LogP contribution in [-0.2, 0) is 0 Å². The second-order valence-corrected chi connectivity index (χ2v) is 3.81. The molecule has 0 aliphatic carbocycles. The SMILES string of the molecule is CCCNCCN(CC)c1ccc(F)cc1. The van der Waals surface area contributed by atoms with E-state index in [0.29, 0.717) is 0 Å². The van der Waals surface area contributed by atoms with Crippen molar-refractivity contribution >= 4 is 5.69 Å². The average Bonchev–Trinajstić information content (AvgIpc) is 2.31. The summed E-state index contributed by atoms with van der Waals surface area (Å²) in [5.74, 6) is -0.177. The molecule has 0 aromatic heterocycles. The summed E-state index contributed by atoms with van der Waals surface area (Å²) in [4.78, 5) is 2.24. The second kappa shape index (κ2) is 7.23. The summed E-state index contributed by atoms with van der Waals surface area (Å²) in [7, 11) is 0. The van der Waals surface area contributed by atoms with Gasteiger partial charge in [-0.3, -0.25) is 0 Å². The van der Waals surface area contributed by atoms with Crippen LogP contribution in [0.1, 0.15) is 20.3 Å². The summed E-state index contributed by atoms with van der Waals surface area (Å²) in [6, 6.07) is 6.69. The van der Waals surface area contributed by atoms with Gasteiger partial charge in [-0.25, -0.2) is 4.39 Å². The fraction of sp³-hybridized carbons (Fsp3) is 0.538. The van der Waals surface area contributed by atoms with Gasteiger partial charge in [0, 0.05) is 25.3 Å². The molecule has 0 bridgehead atoms. The van der Waals surface area contributed by atoms with Gasteiger partial charge in [0.25, 0.3) is 0 Å². The van der Waals surface area contributed by atoms with E-state index in [0.717, 1.165) is 38.3 Å². The molecule has 0 fully saturated rings. The molecule has 2 nitrogen and oxygen atoms in total. The van der Waals surface area contributed by atoms with Crippen molar-refractivity contribution in [2.75, 3.05) is 31.1 Å². The van der Waals surface area contributed by atoms with Gasteiger partial charge in [-0.1, -0.05) is 6.92 Å². The van der Waals surface area contributed by atoms with Gasteiger partial charge in [0.1, 0.15) is 5.82 Å². The van der Waals surface area contributed by atoms with Crippen LogP contribution in [0.2, 0.25) is 0 Å². The van der Waals surface area contributed by atoms with Crippen LogP contribution in [0.5, 0.6) is 0 Å². The molecule has 0 radical (unpaired) electrons. The van der Waals surface area contributed by atoms with Gasteiger partial charge < -0.3 is 10.2 Å². The molecule has 0 amide bonds. The molecule has 0 atom stereocenters. The van der Waals surface area contributed by atoms with Crippen LogP contribution < -0.4 is 10.2 Å². The maximum absolute atomic E-state index is 12.8. The Labute approximate surface area is 97.5 Å². The summed E-state index contributed by atoms with van der Waals surface area (Å²) in [6.45, 7) is 8.20. The highest BCUT2D eigenvalue weighted by molar-refractivity contribution is 5.46. The van der Waals surface area contributed by atoms with Gasteiger partial charge in [-0.2, -0.15) is 0 Å². The molecule has 0 saturated heterocycles.